The SMILES string of the molecule is NCCCNc1ccc(C=O)c(O)c1. The van der Waals surface area contributed by atoms with Gasteiger partial charge in [0.05, 0.1) is 5.56 Å². The van der Waals surface area contributed by atoms with Crippen molar-refractivity contribution in [3.8, 4) is 5.75 Å². The van der Waals surface area contributed by atoms with E-state index in [1.165, 1.54) is 6.07 Å². The van der Waals surface area contributed by atoms with Crippen molar-refractivity contribution < 1.29 is 9.90 Å². The molecule has 0 heterocycles. The normalized spacial score (nSPS) is 9.79. The van der Waals surface area contributed by atoms with Crippen LogP contribution >= 0.6 is 0 Å². The van der Waals surface area contributed by atoms with Gasteiger partial charge in [-0.25, -0.2) is 0 Å². The maximum atomic E-state index is 10.4. The first kappa shape index (κ1) is 10.5. The van der Waals surface area contributed by atoms with Gasteiger partial charge in [-0.3, -0.25) is 4.79 Å². The first-order chi connectivity index (χ1) is 6.77. The van der Waals surface area contributed by atoms with Gasteiger partial charge in [-0.15, -0.1) is 0 Å². The zero-order valence-electron chi connectivity index (χ0n) is 7.86. The molecule has 4 nitrogen and oxygen atoms in total. The number of nitrogens with two attached hydrogens (primary N) is 1. The number of anilines is 1. The average Bonchev–Trinajstić information content (AvgIpc) is 2.18. The van der Waals surface area contributed by atoms with Crippen LogP contribution in [0.15, 0.2) is 18.2 Å². The Bertz CT molecular complexity index is 313. The second kappa shape index (κ2) is 5.24. The number of carbonyl (C=O) groups is 1. The molecule has 0 aromatic heterocycles. The first-order valence-electron chi connectivity index (χ1n) is 4.50. The number of carbonyl (C=O) groups excluding carboxylic acids is 1. The fourth-order valence-corrected chi connectivity index (χ4v) is 1.09. The minimum Gasteiger partial charge on any atom is -0.507 e. The first-order valence-corrected chi connectivity index (χ1v) is 4.50. The van der Waals surface area contributed by atoms with Crippen molar-refractivity contribution in [1.29, 1.82) is 0 Å². The molecule has 0 aliphatic carbocycles. The minimum absolute atomic E-state index is 0.00208. The minimum atomic E-state index is -0.00208. The van der Waals surface area contributed by atoms with Crippen LogP contribution in [-0.4, -0.2) is 24.5 Å². The molecule has 14 heavy (non-hydrogen) atoms. The molecule has 1 aromatic carbocycles. The van der Waals surface area contributed by atoms with Crippen molar-refractivity contribution in [2.75, 3.05) is 18.4 Å². The monoisotopic (exact) mass is 194 g/mol. The van der Waals surface area contributed by atoms with E-state index in [4.69, 9.17) is 5.73 Å². The highest BCUT2D eigenvalue weighted by Gasteiger charge is 2.00. The summed E-state index contributed by atoms with van der Waals surface area (Å²) in [5, 5.41) is 12.4. The largest absolute Gasteiger partial charge is 0.507 e. The van der Waals surface area contributed by atoms with Crippen LogP contribution in [0.4, 0.5) is 5.69 Å². The summed E-state index contributed by atoms with van der Waals surface area (Å²) in [7, 11) is 0. The molecule has 0 unspecified atom stereocenters. The number of phenols is 1. The molecule has 4 N–H and O–H groups in total. The Kier molecular flexibility index (Phi) is 3.94. The fourth-order valence-electron chi connectivity index (χ4n) is 1.09. The van der Waals surface area contributed by atoms with Gasteiger partial charge in [0.15, 0.2) is 6.29 Å². The Morgan fingerprint density at radius 3 is 2.86 bits per heavy atom. The van der Waals surface area contributed by atoms with E-state index in [0.717, 1.165) is 18.7 Å². The van der Waals surface area contributed by atoms with E-state index < -0.39 is 0 Å². The average molecular weight is 194 g/mol. The van der Waals surface area contributed by atoms with Gasteiger partial charge < -0.3 is 16.2 Å². The van der Waals surface area contributed by atoms with E-state index in [-0.39, 0.29) is 5.75 Å². The lowest BCUT2D eigenvalue weighted by Crippen LogP contribution is -2.08. The van der Waals surface area contributed by atoms with Gasteiger partial charge in [-0.05, 0) is 25.1 Å². The van der Waals surface area contributed by atoms with E-state index in [0.29, 0.717) is 18.4 Å². The van der Waals surface area contributed by atoms with Crippen LogP contribution < -0.4 is 11.1 Å². The number of nitrogens with one attached hydrogen (secondary N) is 1. The van der Waals surface area contributed by atoms with Gasteiger partial charge in [0, 0.05) is 18.3 Å². The molecule has 0 bridgehead atoms. The van der Waals surface area contributed by atoms with Gasteiger partial charge in [-0.1, -0.05) is 0 Å². The number of phenolic OH excluding ortho intramolecular Hbond substituents is 1. The Hall–Kier alpha value is -1.55. The molecule has 0 atom stereocenters. The van der Waals surface area contributed by atoms with Crippen molar-refractivity contribution in [1.82, 2.24) is 0 Å². The molecule has 76 valence electrons. The zero-order valence-corrected chi connectivity index (χ0v) is 7.86. The van der Waals surface area contributed by atoms with E-state index >= 15 is 0 Å². The van der Waals surface area contributed by atoms with Crippen LogP contribution in [-0.2, 0) is 0 Å². The molecule has 0 aliphatic heterocycles. The molecule has 0 radical (unpaired) electrons. The molecule has 1 aromatic rings. The molecule has 0 aliphatic rings. The highest BCUT2D eigenvalue weighted by atomic mass is 16.3. The molecule has 1 rings (SSSR count). The second-order valence-corrected chi connectivity index (χ2v) is 2.96. The molecule has 0 spiro atoms. The summed E-state index contributed by atoms with van der Waals surface area (Å²) in [6.07, 6.45) is 1.50. The predicted octanol–water partition coefficient (Wildman–Crippen LogP) is 0.965. The van der Waals surface area contributed by atoms with Crippen LogP contribution in [0.1, 0.15) is 16.8 Å². The van der Waals surface area contributed by atoms with Crippen molar-refractivity contribution in [2.24, 2.45) is 5.73 Å². The summed E-state index contributed by atoms with van der Waals surface area (Å²) in [6.45, 7) is 1.39. The summed E-state index contributed by atoms with van der Waals surface area (Å²) >= 11 is 0. The number of rotatable bonds is 5. The number of benzene rings is 1. The number of aldehydes is 1. The van der Waals surface area contributed by atoms with E-state index in [2.05, 4.69) is 5.32 Å². The molecular weight excluding hydrogens is 180 g/mol. The molecular formula is C10H14N2O2. The fraction of sp³-hybridized carbons (Fsp3) is 0.300. The van der Waals surface area contributed by atoms with E-state index in [9.17, 15) is 9.90 Å². The number of hydrogen-bond acceptors (Lipinski definition) is 4. The molecule has 0 amide bonds. The summed E-state index contributed by atoms with van der Waals surface area (Å²) in [5.74, 6) is -0.00208. The lowest BCUT2D eigenvalue weighted by atomic mass is 10.2. The second-order valence-electron chi connectivity index (χ2n) is 2.96. The third-order valence-corrected chi connectivity index (χ3v) is 1.87. The van der Waals surface area contributed by atoms with Crippen molar-refractivity contribution in [3.05, 3.63) is 23.8 Å². The van der Waals surface area contributed by atoms with Gasteiger partial charge >= 0.3 is 0 Å². The highest BCUT2D eigenvalue weighted by molar-refractivity contribution is 5.80. The highest BCUT2D eigenvalue weighted by Crippen LogP contribution is 2.20. The summed E-state index contributed by atoms with van der Waals surface area (Å²) in [4.78, 5) is 10.4. The van der Waals surface area contributed by atoms with Crippen molar-refractivity contribution >= 4 is 12.0 Å². The Morgan fingerprint density at radius 2 is 2.29 bits per heavy atom. The lowest BCUT2D eigenvalue weighted by Gasteiger charge is -2.06. The van der Waals surface area contributed by atoms with Gasteiger partial charge in [0.2, 0.25) is 0 Å². The van der Waals surface area contributed by atoms with Crippen LogP contribution in [0.25, 0.3) is 0 Å². The van der Waals surface area contributed by atoms with Crippen LogP contribution in [0.2, 0.25) is 0 Å². The topological polar surface area (TPSA) is 75.3 Å². The number of aromatic hydroxyl groups is 1. The molecule has 0 saturated heterocycles. The standard InChI is InChI=1S/C10H14N2O2/c11-4-1-5-12-9-3-2-8(7-13)10(14)6-9/h2-3,6-7,12,14H,1,4-5,11H2. The van der Waals surface area contributed by atoms with Gasteiger partial charge in [0.1, 0.15) is 5.75 Å². The van der Waals surface area contributed by atoms with Crippen molar-refractivity contribution in [2.45, 2.75) is 6.42 Å². The Balaban J connectivity index is 2.62. The lowest BCUT2D eigenvalue weighted by molar-refractivity contribution is 0.112. The molecule has 0 saturated carbocycles. The van der Waals surface area contributed by atoms with E-state index in [1.807, 2.05) is 0 Å². The predicted molar refractivity (Wildman–Crippen MR) is 55.7 cm³/mol. The van der Waals surface area contributed by atoms with Crippen molar-refractivity contribution in [3.63, 3.8) is 0 Å². The van der Waals surface area contributed by atoms with Crippen LogP contribution in [0.5, 0.6) is 5.75 Å². The number of hydrogen-bond donors (Lipinski definition) is 3. The quantitative estimate of drug-likeness (QED) is 0.482. The van der Waals surface area contributed by atoms with Crippen LogP contribution in [0, 0.1) is 0 Å². The Labute approximate surface area is 82.7 Å². The summed E-state index contributed by atoms with van der Waals surface area (Å²) in [6, 6.07) is 4.85. The summed E-state index contributed by atoms with van der Waals surface area (Å²) < 4.78 is 0. The molecule has 0 fully saturated rings. The third kappa shape index (κ3) is 2.74. The zero-order chi connectivity index (χ0) is 10.4. The maximum Gasteiger partial charge on any atom is 0.153 e. The summed E-state index contributed by atoms with van der Waals surface area (Å²) in [5.41, 5.74) is 6.43. The van der Waals surface area contributed by atoms with Gasteiger partial charge in [0.25, 0.3) is 0 Å². The smallest absolute Gasteiger partial charge is 0.153 e. The molecule has 4 heteroatoms. The van der Waals surface area contributed by atoms with Crippen LogP contribution in [0.3, 0.4) is 0 Å². The van der Waals surface area contributed by atoms with Gasteiger partial charge in [-0.2, -0.15) is 0 Å². The maximum absolute atomic E-state index is 10.4. The third-order valence-electron chi connectivity index (χ3n) is 1.87. The van der Waals surface area contributed by atoms with E-state index in [1.54, 1.807) is 12.1 Å². The Morgan fingerprint density at radius 1 is 1.50 bits per heavy atom.